The van der Waals surface area contributed by atoms with E-state index in [-0.39, 0.29) is 11.9 Å². The van der Waals surface area contributed by atoms with Crippen molar-refractivity contribution in [2.75, 3.05) is 65.6 Å². The van der Waals surface area contributed by atoms with Gasteiger partial charge in [0.25, 0.3) is 0 Å². The van der Waals surface area contributed by atoms with Crippen LogP contribution in [0.15, 0.2) is 29.3 Å². The summed E-state index contributed by atoms with van der Waals surface area (Å²) in [4.78, 5) is 23.2. The third-order valence-electron chi connectivity index (χ3n) is 5.51. The molecule has 2 heterocycles. The Kier molecular flexibility index (Phi) is 8.15. The zero-order chi connectivity index (χ0) is 20.6. The van der Waals surface area contributed by atoms with E-state index in [0.29, 0.717) is 6.54 Å². The van der Waals surface area contributed by atoms with Gasteiger partial charge in [-0.15, -0.1) is 0 Å². The fourth-order valence-electron chi connectivity index (χ4n) is 3.84. The Hall–Kier alpha value is -1.83. The van der Waals surface area contributed by atoms with Gasteiger partial charge in [-0.25, -0.2) is 0 Å². The van der Waals surface area contributed by atoms with Gasteiger partial charge in [0, 0.05) is 57.8 Å². The highest BCUT2D eigenvalue weighted by Crippen LogP contribution is 2.24. The van der Waals surface area contributed by atoms with E-state index in [1.807, 2.05) is 17.0 Å². The number of nitrogens with zero attached hydrogens (tertiary/aromatic N) is 4. The maximum absolute atomic E-state index is 11.6. The van der Waals surface area contributed by atoms with Crippen molar-refractivity contribution in [3.05, 3.63) is 34.9 Å². The lowest BCUT2D eigenvalue weighted by Crippen LogP contribution is -2.53. The van der Waals surface area contributed by atoms with Crippen molar-refractivity contribution in [2.45, 2.75) is 19.9 Å². The quantitative estimate of drug-likeness (QED) is 0.580. The number of rotatable bonds is 5. The molecule has 1 aromatic rings. The summed E-state index contributed by atoms with van der Waals surface area (Å²) in [6.45, 7) is 11.6. The van der Waals surface area contributed by atoms with Crippen LogP contribution in [-0.2, 0) is 9.53 Å². The predicted octanol–water partition coefficient (Wildman–Crippen LogP) is 1.84. The number of nitrogens with one attached hydrogen (secondary N) is 1. The van der Waals surface area contributed by atoms with Crippen LogP contribution in [0.2, 0.25) is 5.02 Å². The molecule has 0 spiro atoms. The Morgan fingerprint density at radius 3 is 2.31 bits per heavy atom. The zero-order valence-corrected chi connectivity index (χ0v) is 18.2. The minimum atomic E-state index is 0.140. The first-order chi connectivity index (χ1) is 14.1. The molecule has 1 amide bonds. The number of carbonyl (C=O) groups excluding carboxylic acids is 1. The lowest BCUT2D eigenvalue weighted by Gasteiger charge is -2.37. The van der Waals surface area contributed by atoms with Crippen molar-refractivity contribution >= 4 is 23.5 Å². The second kappa shape index (κ2) is 10.8. The summed E-state index contributed by atoms with van der Waals surface area (Å²) in [5, 5.41) is 4.17. The van der Waals surface area contributed by atoms with Crippen LogP contribution < -0.4 is 5.32 Å². The Morgan fingerprint density at radius 1 is 1.10 bits per heavy atom. The molecule has 0 aliphatic carbocycles. The fourth-order valence-corrected chi connectivity index (χ4v) is 3.96. The number of amides is 1. The van der Waals surface area contributed by atoms with Gasteiger partial charge in [-0.05, 0) is 24.6 Å². The molecular formula is C21H32ClN5O2. The van der Waals surface area contributed by atoms with Gasteiger partial charge in [-0.2, -0.15) is 0 Å². The normalized spacial score (nSPS) is 19.9. The summed E-state index contributed by atoms with van der Waals surface area (Å²) in [5.41, 5.74) is 1.22. The molecular weight excluding hydrogens is 390 g/mol. The van der Waals surface area contributed by atoms with Crippen molar-refractivity contribution in [1.29, 1.82) is 0 Å². The third-order valence-corrected chi connectivity index (χ3v) is 5.77. The Balaban J connectivity index is 1.74. The van der Waals surface area contributed by atoms with Gasteiger partial charge in [-0.1, -0.05) is 23.7 Å². The smallest absolute Gasteiger partial charge is 0.219 e. The molecule has 2 fully saturated rings. The van der Waals surface area contributed by atoms with Crippen molar-refractivity contribution < 1.29 is 9.53 Å². The Labute approximate surface area is 178 Å². The summed E-state index contributed by atoms with van der Waals surface area (Å²) in [5.74, 6) is 1.06. The van der Waals surface area contributed by atoms with E-state index < -0.39 is 0 Å². The zero-order valence-electron chi connectivity index (χ0n) is 17.4. The Bertz CT molecular complexity index is 683. The van der Waals surface area contributed by atoms with Crippen LogP contribution in [0.4, 0.5) is 0 Å². The number of benzene rings is 1. The van der Waals surface area contributed by atoms with Crippen molar-refractivity contribution in [3.63, 3.8) is 0 Å². The average Bonchev–Trinajstić information content (AvgIpc) is 2.75. The summed E-state index contributed by atoms with van der Waals surface area (Å²) in [6.07, 6.45) is 0. The number of hydrogen-bond acceptors (Lipinski definition) is 4. The lowest BCUT2D eigenvalue weighted by atomic mass is 10.0. The first-order valence-electron chi connectivity index (χ1n) is 10.4. The highest BCUT2D eigenvalue weighted by Gasteiger charge is 2.24. The van der Waals surface area contributed by atoms with E-state index >= 15 is 0 Å². The molecule has 160 valence electrons. The number of guanidine groups is 1. The van der Waals surface area contributed by atoms with Crippen molar-refractivity contribution in [3.8, 4) is 0 Å². The third kappa shape index (κ3) is 6.07. The molecule has 3 rings (SSSR count). The van der Waals surface area contributed by atoms with E-state index in [1.165, 1.54) is 5.56 Å². The highest BCUT2D eigenvalue weighted by molar-refractivity contribution is 6.30. The van der Waals surface area contributed by atoms with Gasteiger partial charge in [0.1, 0.15) is 0 Å². The monoisotopic (exact) mass is 421 g/mol. The van der Waals surface area contributed by atoms with Gasteiger partial charge in [0.2, 0.25) is 5.91 Å². The maximum atomic E-state index is 11.6. The van der Waals surface area contributed by atoms with Crippen LogP contribution in [0.1, 0.15) is 25.5 Å². The number of ether oxygens (including phenoxy) is 1. The molecule has 29 heavy (non-hydrogen) atoms. The van der Waals surface area contributed by atoms with E-state index in [2.05, 4.69) is 34.2 Å². The van der Waals surface area contributed by atoms with Crippen LogP contribution in [0.3, 0.4) is 0 Å². The predicted molar refractivity (Wildman–Crippen MR) is 116 cm³/mol. The molecule has 1 aromatic carbocycles. The molecule has 1 unspecified atom stereocenters. The van der Waals surface area contributed by atoms with Crippen LogP contribution in [0.25, 0.3) is 0 Å². The molecule has 1 N–H and O–H groups in total. The average molecular weight is 422 g/mol. The SMILES string of the molecule is CCNC(=NCC(c1ccc(Cl)cc1)N1CCOCC1)N1CCN(C(C)=O)CC1. The second-order valence-electron chi connectivity index (χ2n) is 7.40. The van der Waals surface area contributed by atoms with Crippen LogP contribution in [-0.4, -0.2) is 92.1 Å². The minimum Gasteiger partial charge on any atom is -0.379 e. The molecule has 8 heteroatoms. The van der Waals surface area contributed by atoms with Crippen molar-refractivity contribution in [2.24, 2.45) is 4.99 Å². The minimum absolute atomic E-state index is 0.140. The fraction of sp³-hybridized carbons (Fsp3) is 0.619. The lowest BCUT2D eigenvalue weighted by molar-refractivity contribution is -0.130. The number of halogens is 1. The molecule has 1 atom stereocenters. The van der Waals surface area contributed by atoms with E-state index in [1.54, 1.807) is 6.92 Å². The molecule has 0 aromatic heterocycles. The molecule has 0 radical (unpaired) electrons. The summed E-state index contributed by atoms with van der Waals surface area (Å²) in [6, 6.07) is 8.26. The molecule has 2 aliphatic rings. The number of hydrogen-bond donors (Lipinski definition) is 1. The molecule has 2 saturated heterocycles. The standard InChI is InChI=1S/C21H32ClN5O2/c1-3-23-21(27-10-8-25(9-11-27)17(2)28)24-16-20(26-12-14-29-15-13-26)18-4-6-19(22)7-5-18/h4-7,20H,3,8-16H2,1-2H3,(H,23,24). The number of piperazine rings is 1. The summed E-state index contributed by atoms with van der Waals surface area (Å²) < 4.78 is 5.54. The summed E-state index contributed by atoms with van der Waals surface area (Å²) in [7, 11) is 0. The van der Waals surface area contributed by atoms with Crippen LogP contribution in [0.5, 0.6) is 0 Å². The number of carbonyl (C=O) groups is 1. The maximum Gasteiger partial charge on any atom is 0.219 e. The van der Waals surface area contributed by atoms with Crippen molar-refractivity contribution in [1.82, 2.24) is 20.0 Å². The van der Waals surface area contributed by atoms with E-state index in [9.17, 15) is 4.79 Å². The van der Waals surface area contributed by atoms with E-state index in [4.69, 9.17) is 21.3 Å². The molecule has 7 nitrogen and oxygen atoms in total. The van der Waals surface area contributed by atoms with Crippen LogP contribution in [0, 0.1) is 0 Å². The Morgan fingerprint density at radius 2 is 1.72 bits per heavy atom. The highest BCUT2D eigenvalue weighted by atomic mass is 35.5. The first-order valence-corrected chi connectivity index (χ1v) is 10.8. The molecule has 0 saturated carbocycles. The molecule has 0 bridgehead atoms. The topological polar surface area (TPSA) is 60.4 Å². The van der Waals surface area contributed by atoms with Gasteiger partial charge in [0.05, 0.1) is 25.8 Å². The van der Waals surface area contributed by atoms with Gasteiger partial charge in [-0.3, -0.25) is 14.7 Å². The first kappa shape index (κ1) is 21.9. The largest absolute Gasteiger partial charge is 0.379 e. The summed E-state index contributed by atoms with van der Waals surface area (Å²) >= 11 is 6.10. The van der Waals surface area contributed by atoms with Crippen LogP contribution >= 0.6 is 11.6 Å². The molecule has 2 aliphatic heterocycles. The number of morpholine rings is 1. The number of aliphatic imine (C=N–C) groups is 1. The van der Waals surface area contributed by atoms with Gasteiger partial charge in [0.15, 0.2) is 5.96 Å². The van der Waals surface area contributed by atoms with Gasteiger partial charge < -0.3 is 19.9 Å². The van der Waals surface area contributed by atoms with E-state index in [0.717, 1.165) is 70.0 Å². The second-order valence-corrected chi connectivity index (χ2v) is 7.84. The van der Waals surface area contributed by atoms with Gasteiger partial charge >= 0.3 is 0 Å².